The van der Waals surface area contributed by atoms with Crippen LogP contribution in [0.3, 0.4) is 0 Å². The summed E-state index contributed by atoms with van der Waals surface area (Å²) in [6.07, 6.45) is -4.37. The van der Waals surface area contributed by atoms with Crippen LogP contribution in [0.25, 0.3) is 5.69 Å². The van der Waals surface area contributed by atoms with Crippen molar-refractivity contribution in [2.45, 2.75) is 10.5 Å². The summed E-state index contributed by atoms with van der Waals surface area (Å²) in [5.74, 6) is 0.215. The highest BCUT2D eigenvalue weighted by molar-refractivity contribution is 8.01. The first-order valence-electron chi connectivity index (χ1n) is 9.79. The number of nitrogens with zero attached hydrogens (tertiary/aromatic N) is 4. The Balaban J connectivity index is 1.32. The summed E-state index contributed by atoms with van der Waals surface area (Å²) in [6, 6.07) is 14.9. The van der Waals surface area contributed by atoms with Gasteiger partial charge >= 0.3 is 6.18 Å². The van der Waals surface area contributed by atoms with Crippen LogP contribution in [-0.2, 0) is 11.0 Å². The number of thioether (sulfide) groups is 1. The molecule has 3 aromatic rings. The zero-order chi connectivity index (χ0) is 22.7. The van der Waals surface area contributed by atoms with Gasteiger partial charge < -0.3 is 9.80 Å². The number of hydrogen-bond acceptors (Lipinski definition) is 6. The molecule has 0 aliphatic carbocycles. The number of piperazine rings is 1. The molecule has 1 aliphatic heterocycles. The van der Waals surface area contributed by atoms with E-state index >= 15 is 0 Å². The molecule has 168 valence electrons. The Labute approximate surface area is 196 Å². The topological polar surface area (TPSA) is 41.4 Å². The fourth-order valence-corrected chi connectivity index (χ4v) is 5.62. The fourth-order valence-electron chi connectivity index (χ4n) is 3.36. The molecule has 5 nitrogen and oxygen atoms in total. The summed E-state index contributed by atoms with van der Waals surface area (Å²) < 4.78 is 41.9. The van der Waals surface area contributed by atoms with E-state index in [4.69, 9.17) is 12.2 Å². The average Bonchev–Trinajstić information content (AvgIpc) is 3.18. The van der Waals surface area contributed by atoms with Gasteiger partial charge in [0.1, 0.15) is 0 Å². The molecule has 1 fully saturated rings. The normalized spacial score (nSPS) is 14.6. The first-order chi connectivity index (χ1) is 15.3. The van der Waals surface area contributed by atoms with Gasteiger partial charge in [0.15, 0.2) is 8.29 Å². The van der Waals surface area contributed by atoms with Gasteiger partial charge in [0.05, 0.1) is 17.0 Å². The zero-order valence-corrected chi connectivity index (χ0v) is 19.2. The Bertz CT molecular complexity index is 1140. The van der Waals surface area contributed by atoms with E-state index in [1.165, 1.54) is 29.2 Å². The molecule has 1 amide bonds. The van der Waals surface area contributed by atoms with Gasteiger partial charge in [-0.05, 0) is 42.5 Å². The van der Waals surface area contributed by atoms with Gasteiger partial charge in [0.2, 0.25) is 5.91 Å². The predicted octanol–water partition coefficient (Wildman–Crippen LogP) is 5.12. The molecule has 0 bridgehead atoms. The number of carbonyl (C=O) groups excluding carboxylic acids is 1. The molecular weight excluding hydrogens is 477 g/mol. The molecule has 1 aromatic heterocycles. The lowest BCUT2D eigenvalue weighted by Crippen LogP contribution is -2.49. The van der Waals surface area contributed by atoms with Crippen LogP contribution in [0, 0.1) is 3.95 Å². The lowest BCUT2D eigenvalue weighted by molar-refractivity contribution is -0.137. The number of alkyl halides is 3. The summed E-state index contributed by atoms with van der Waals surface area (Å²) in [5.41, 5.74) is 0.729. The Morgan fingerprint density at radius 1 is 1.03 bits per heavy atom. The molecule has 32 heavy (non-hydrogen) atoms. The Kier molecular flexibility index (Phi) is 6.87. The van der Waals surface area contributed by atoms with Crippen molar-refractivity contribution < 1.29 is 18.0 Å². The molecule has 4 rings (SSSR count). The van der Waals surface area contributed by atoms with E-state index in [0.717, 1.165) is 22.2 Å². The SMILES string of the molecule is O=C(CSc1nn(-c2ccccc2)c(=S)s1)N1CCN(c2cccc(C(F)(F)F)c2)CC1. The maximum absolute atomic E-state index is 13.0. The molecule has 2 heterocycles. The largest absolute Gasteiger partial charge is 0.416 e. The number of para-hydroxylation sites is 1. The van der Waals surface area contributed by atoms with Gasteiger partial charge in [0, 0.05) is 31.9 Å². The van der Waals surface area contributed by atoms with Crippen molar-refractivity contribution in [2.24, 2.45) is 0 Å². The van der Waals surface area contributed by atoms with Crippen LogP contribution in [-0.4, -0.2) is 52.5 Å². The molecule has 1 aliphatic rings. The highest BCUT2D eigenvalue weighted by Crippen LogP contribution is 2.32. The van der Waals surface area contributed by atoms with E-state index < -0.39 is 11.7 Å². The molecular formula is C21H19F3N4OS3. The Hall–Kier alpha value is -2.37. The van der Waals surface area contributed by atoms with Gasteiger partial charge in [-0.15, -0.1) is 5.10 Å². The van der Waals surface area contributed by atoms with Gasteiger partial charge in [-0.3, -0.25) is 4.79 Å². The van der Waals surface area contributed by atoms with E-state index in [9.17, 15) is 18.0 Å². The average molecular weight is 497 g/mol. The Morgan fingerprint density at radius 3 is 2.41 bits per heavy atom. The van der Waals surface area contributed by atoms with E-state index in [1.54, 1.807) is 15.6 Å². The standard InChI is InChI=1S/C21H19F3N4OS3/c22-21(23,24)15-5-4-8-17(13-15)26-9-11-27(12-10-26)18(29)14-31-19-25-28(20(30)32-19)16-6-2-1-3-7-16/h1-8,13H,9-12,14H2. The van der Waals surface area contributed by atoms with Crippen LogP contribution in [0.1, 0.15) is 5.56 Å². The third-order valence-electron chi connectivity index (χ3n) is 5.02. The summed E-state index contributed by atoms with van der Waals surface area (Å²) >= 11 is 8.09. The number of carbonyl (C=O) groups is 1. The monoisotopic (exact) mass is 496 g/mol. The van der Waals surface area contributed by atoms with Crippen molar-refractivity contribution in [3.05, 3.63) is 64.1 Å². The van der Waals surface area contributed by atoms with Crippen molar-refractivity contribution in [2.75, 3.05) is 36.8 Å². The number of amides is 1. The smallest absolute Gasteiger partial charge is 0.368 e. The highest BCUT2D eigenvalue weighted by atomic mass is 32.2. The molecule has 0 spiro atoms. The van der Waals surface area contributed by atoms with Gasteiger partial charge in [-0.25, -0.2) is 4.68 Å². The van der Waals surface area contributed by atoms with Crippen LogP contribution in [0.15, 0.2) is 58.9 Å². The van der Waals surface area contributed by atoms with E-state index in [2.05, 4.69) is 5.10 Å². The van der Waals surface area contributed by atoms with Crippen LogP contribution >= 0.6 is 35.3 Å². The van der Waals surface area contributed by atoms with Gasteiger partial charge in [0.25, 0.3) is 0 Å². The second-order valence-electron chi connectivity index (χ2n) is 7.09. The first-order valence-corrected chi connectivity index (χ1v) is 12.0. The second kappa shape index (κ2) is 9.63. The lowest BCUT2D eigenvalue weighted by atomic mass is 10.1. The number of rotatable bonds is 5. The van der Waals surface area contributed by atoms with Crippen molar-refractivity contribution in [1.29, 1.82) is 0 Å². The van der Waals surface area contributed by atoms with E-state index in [-0.39, 0.29) is 11.7 Å². The highest BCUT2D eigenvalue weighted by Gasteiger charge is 2.31. The number of benzene rings is 2. The number of hydrogen-bond donors (Lipinski definition) is 0. The van der Waals surface area contributed by atoms with Crippen molar-refractivity contribution in [1.82, 2.24) is 14.7 Å². The van der Waals surface area contributed by atoms with Gasteiger partial charge in [-0.1, -0.05) is 47.4 Å². The van der Waals surface area contributed by atoms with Crippen LogP contribution in [0.4, 0.5) is 18.9 Å². The second-order valence-corrected chi connectivity index (χ2v) is 9.93. The van der Waals surface area contributed by atoms with Crippen LogP contribution in [0.5, 0.6) is 0 Å². The molecule has 0 atom stereocenters. The van der Waals surface area contributed by atoms with E-state index in [0.29, 0.717) is 35.8 Å². The predicted molar refractivity (Wildman–Crippen MR) is 123 cm³/mol. The summed E-state index contributed by atoms with van der Waals surface area (Å²) in [7, 11) is 0. The molecule has 0 unspecified atom stereocenters. The number of anilines is 1. The van der Waals surface area contributed by atoms with E-state index in [1.807, 2.05) is 35.2 Å². The summed E-state index contributed by atoms with van der Waals surface area (Å²) in [6.45, 7) is 1.90. The van der Waals surface area contributed by atoms with Crippen LogP contribution < -0.4 is 4.90 Å². The third-order valence-corrected chi connectivity index (χ3v) is 7.37. The van der Waals surface area contributed by atoms with Crippen molar-refractivity contribution >= 4 is 46.9 Å². The molecule has 0 radical (unpaired) electrons. The number of aromatic nitrogens is 2. The summed E-state index contributed by atoms with van der Waals surface area (Å²) in [4.78, 5) is 16.3. The van der Waals surface area contributed by atoms with Crippen molar-refractivity contribution in [3.63, 3.8) is 0 Å². The molecule has 11 heteroatoms. The minimum absolute atomic E-state index is 0.0222. The molecule has 1 saturated heterocycles. The molecule has 0 N–H and O–H groups in total. The molecule has 2 aromatic carbocycles. The maximum atomic E-state index is 13.0. The zero-order valence-electron chi connectivity index (χ0n) is 16.8. The third kappa shape index (κ3) is 5.33. The minimum atomic E-state index is -4.37. The summed E-state index contributed by atoms with van der Waals surface area (Å²) in [5, 5.41) is 4.50. The lowest BCUT2D eigenvalue weighted by Gasteiger charge is -2.36. The van der Waals surface area contributed by atoms with Gasteiger partial charge in [-0.2, -0.15) is 13.2 Å². The van der Waals surface area contributed by atoms with Crippen molar-refractivity contribution in [3.8, 4) is 5.69 Å². The minimum Gasteiger partial charge on any atom is -0.368 e. The fraction of sp³-hybridized carbons (Fsp3) is 0.286. The Morgan fingerprint density at radius 2 is 1.72 bits per heavy atom. The molecule has 0 saturated carbocycles. The van der Waals surface area contributed by atoms with Crippen LogP contribution in [0.2, 0.25) is 0 Å². The first kappa shape index (κ1) is 22.8. The quantitative estimate of drug-likeness (QED) is 0.362. The number of halogens is 3. The maximum Gasteiger partial charge on any atom is 0.416 e.